The first-order valence-electron chi connectivity index (χ1n) is 21.8. The van der Waals surface area contributed by atoms with Crippen molar-refractivity contribution in [2.24, 2.45) is 0 Å². The van der Waals surface area contributed by atoms with Gasteiger partial charge >= 0.3 is 7.32 Å². The molecule has 0 radical (unpaired) electrons. The maximum absolute atomic E-state index is 6.46. The summed E-state index contributed by atoms with van der Waals surface area (Å²) in [6, 6.07) is 6.61. The maximum atomic E-state index is 6.46. The van der Waals surface area contributed by atoms with Crippen molar-refractivity contribution in [3.05, 3.63) is 29.3 Å². The molecular formula is C50H90BNO3Si3. The highest BCUT2D eigenvalue weighted by Crippen LogP contribution is 2.64. The molecule has 4 nitrogen and oxygen atoms in total. The molecule has 0 fully saturated rings. The molecule has 0 saturated carbocycles. The lowest BCUT2D eigenvalue weighted by Crippen LogP contribution is -2.60. The number of nitrogens with one attached hydrogen (secondary N) is 1. The molecule has 1 aromatic rings. The van der Waals surface area contributed by atoms with Crippen molar-refractivity contribution in [3.63, 3.8) is 0 Å². The molecule has 0 spiro atoms. The zero-order valence-electron chi connectivity index (χ0n) is 43.2. The van der Waals surface area contributed by atoms with E-state index in [1.54, 1.807) is 0 Å². The molecule has 1 aromatic carbocycles. The van der Waals surface area contributed by atoms with Crippen molar-refractivity contribution in [1.82, 2.24) is 0 Å². The second kappa shape index (κ2) is 17.3. The summed E-state index contributed by atoms with van der Waals surface area (Å²) >= 11 is 0. The van der Waals surface area contributed by atoms with Gasteiger partial charge in [0.2, 0.25) is 0 Å². The Hall–Kier alpha value is -2.18. The molecule has 0 unspecified atom stereocenters. The highest BCUT2D eigenvalue weighted by Gasteiger charge is 2.63. The maximum Gasteiger partial charge on any atom is 0.890 e. The van der Waals surface area contributed by atoms with E-state index in [1.807, 2.05) is 0 Å². The summed E-state index contributed by atoms with van der Waals surface area (Å²) in [5.41, 5.74) is 15.2. The molecule has 0 aromatic heterocycles. The van der Waals surface area contributed by atoms with Gasteiger partial charge in [0, 0.05) is 12.2 Å². The smallest absolute Gasteiger partial charge is 0.439 e. The van der Waals surface area contributed by atoms with E-state index in [1.165, 1.54) is 11.1 Å². The minimum Gasteiger partial charge on any atom is -0.439 e. The fourth-order valence-electron chi connectivity index (χ4n) is 13.6. The van der Waals surface area contributed by atoms with E-state index in [9.17, 15) is 0 Å². The topological polar surface area (TPSA) is 39.7 Å². The third kappa shape index (κ3) is 10.6. The summed E-state index contributed by atoms with van der Waals surface area (Å²) in [7, 11) is -8.77. The van der Waals surface area contributed by atoms with Crippen LogP contribution in [-0.2, 0) is 14.0 Å². The van der Waals surface area contributed by atoms with Gasteiger partial charge in [-0.3, -0.25) is 0 Å². The molecular weight excluding hydrogens is 758 g/mol. The van der Waals surface area contributed by atoms with Crippen molar-refractivity contribution in [2.45, 2.75) is 239 Å². The lowest BCUT2D eigenvalue weighted by Gasteiger charge is -2.56. The minimum absolute atomic E-state index is 0.0324. The van der Waals surface area contributed by atoms with Crippen molar-refractivity contribution in [3.8, 4) is 35.0 Å². The quantitative estimate of drug-likeness (QED) is 0.219. The highest BCUT2D eigenvalue weighted by atomic mass is 28.3. The van der Waals surface area contributed by atoms with Crippen molar-refractivity contribution < 1.29 is 14.0 Å². The number of aryl methyl sites for hydroxylation is 2. The molecule has 0 bridgehead atoms. The van der Waals surface area contributed by atoms with E-state index in [0.717, 1.165) is 12.2 Å². The molecule has 328 valence electrons. The summed E-state index contributed by atoms with van der Waals surface area (Å²) in [4.78, 5) is 0. The van der Waals surface area contributed by atoms with E-state index < -0.39 is 31.5 Å². The van der Waals surface area contributed by atoms with Crippen LogP contribution in [0.2, 0.25) is 45.3 Å². The van der Waals surface area contributed by atoms with Crippen LogP contribution >= 0.6 is 0 Å². The number of hydrogen-bond acceptors (Lipinski definition) is 4. The zero-order valence-corrected chi connectivity index (χ0v) is 46.2. The minimum atomic E-state index is -2.66. The van der Waals surface area contributed by atoms with Crippen LogP contribution in [0, 0.1) is 48.8 Å². The normalized spacial score (nSPS) is 14.2. The molecule has 58 heavy (non-hydrogen) atoms. The van der Waals surface area contributed by atoms with Crippen LogP contribution in [0.15, 0.2) is 18.2 Å². The molecule has 0 aliphatic rings. The monoisotopic (exact) mass is 848 g/mol. The largest absolute Gasteiger partial charge is 0.890 e. The first-order chi connectivity index (χ1) is 25.4. The first-order valence-corrected chi connectivity index (χ1v) is 27.8. The van der Waals surface area contributed by atoms with E-state index in [0.29, 0.717) is 0 Å². The van der Waals surface area contributed by atoms with Crippen molar-refractivity contribution in [2.75, 3.05) is 11.9 Å². The molecule has 0 heterocycles. The Morgan fingerprint density at radius 2 is 0.724 bits per heavy atom. The lowest BCUT2D eigenvalue weighted by atomic mass is 10.1. The van der Waals surface area contributed by atoms with Crippen molar-refractivity contribution in [1.29, 1.82) is 0 Å². The molecule has 0 amide bonds. The second-order valence-electron chi connectivity index (χ2n) is 26.1. The second-order valence-corrected chi connectivity index (χ2v) is 44.7. The van der Waals surface area contributed by atoms with Gasteiger partial charge in [0.25, 0.3) is 0 Å². The molecule has 0 saturated heterocycles. The van der Waals surface area contributed by atoms with Crippen LogP contribution in [0.4, 0.5) is 5.69 Å². The van der Waals surface area contributed by atoms with E-state index in [-0.39, 0.29) is 45.3 Å². The van der Waals surface area contributed by atoms with Gasteiger partial charge in [0.1, 0.15) is 0 Å². The molecule has 1 rings (SSSR count). The predicted octanol–water partition coefficient (Wildman–Crippen LogP) is 15.8. The van der Waals surface area contributed by atoms with Crippen molar-refractivity contribution >= 4 is 37.2 Å². The summed E-state index contributed by atoms with van der Waals surface area (Å²) in [6.45, 7) is 66.0. The van der Waals surface area contributed by atoms with Gasteiger partial charge in [-0.2, -0.15) is 0 Å². The first kappa shape index (κ1) is 53.8. The van der Waals surface area contributed by atoms with E-state index >= 15 is 0 Å². The number of anilines is 1. The fraction of sp³-hybridized carbons (Fsp3) is 0.760. The van der Waals surface area contributed by atoms with Crippen LogP contribution in [0.5, 0.6) is 0 Å². The van der Waals surface area contributed by atoms with Gasteiger partial charge in [0.15, 0.2) is 24.2 Å². The Balaban J connectivity index is 4.15. The van der Waals surface area contributed by atoms with Gasteiger partial charge in [-0.1, -0.05) is 214 Å². The zero-order chi connectivity index (χ0) is 46.2. The average molecular weight is 848 g/mol. The Labute approximate surface area is 364 Å². The van der Waals surface area contributed by atoms with E-state index in [4.69, 9.17) is 14.0 Å². The number of rotatable bonds is 7. The Morgan fingerprint density at radius 1 is 0.448 bits per heavy atom. The summed E-state index contributed by atoms with van der Waals surface area (Å²) in [6.07, 6.45) is 9.68. The van der Waals surface area contributed by atoms with Crippen LogP contribution < -0.4 is 5.32 Å². The molecule has 1 N–H and O–H groups in total. The Bertz CT molecular complexity index is 1600. The van der Waals surface area contributed by atoms with Crippen LogP contribution in [-0.4, -0.2) is 38.1 Å². The Morgan fingerprint density at radius 3 is 0.983 bits per heavy atom. The third-order valence-electron chi connectivity index (χ3n) is 13.3. The predicted molar refractivity (Wildman–Crippen MR) is 266 cm³/mol. The average Bonchev–Trinajstić information content (AvgIpc) is 2.92. The number of hydrogen-bond donors (Lipinski definition) is 1. The van der Waals surface area contributed by atoms with Gasteiger partial charge in [-0.25, -0.2) is 0 Å². The van der Waals surface area contributed by atoms with Crippen LogP contribution in [0.25, 0.3) is 0 Å². The fourth-order valence-corrected chi connectivity index (χ4v) is 37.7. The highest BCUT2D eigenvalue weighted by molar-refractivity contribution is 6.95. The SMILES string of the molecule is Cc1ccc(NCC(C)(C)[Si](C#COB(OC#C[Si](C(C)(C)C)(C(C)(C)C)C(C)(C)C)OC#C[Si](C(C)(C)C)(C(C)(C)C)C(C)(C)C)(C(C)(C)C)C(C)(C)C)c(C)c1. The standard InChI is InChI=1S/C50H90BNO3Si3/c1-39-29-30-41(40(2)37-39)52-38-50(27,28)58(48(21,22)23,49(24,25)26)36-33-55-51(53-31-34-56(42(3,4)5,43(6,7)8)44(9,10)11)54-32-35-57(45(12,13)14,46(15,16)17)47(18,19)20/h29-30,37,52H,38H2,1-28H3. The number of benzene rings is 1. The summed E-state index contributed by atoms with van der Waals surface area (Å²) in [5, 5.41) is 3.24. The third-order valence-corrected chi connectivity index (χ3v) is 34.9. The Kier molecular flexibility index (Phi) is 16.0. The lowest BCUT2D eigenvalue weighted by molar-refractivity contribution is 0.257. The molecule has 0 atom stereocenters. The summed E-state index contributed by atoms with van der Waals surface area (Å²) < 4.78 is 19.3. The molecule has 0 aliphatic heterocycles. The van der Waals surface area contributed by atoms with Crippen LogP contribution in [0.1, 0.15) is 191 Å². The summed E-state index contributed by atoms with van der Waals surface area (Å²) in [5.74, 6) is 0. The van der Waals surface area contributed by atoms with E-state index in [2.05, 4.69) is 252 Å². The molecule has 8 heteroatoms. The van der Waals surface area contributed by atoms with Gasteiger partial charge in [-0.05, 0) is 70.8 Å². The van der Waals surface area contributed by atoms with Gasteiger partial charge in [0.05, 0.1) is 18.3 Å². The van der Waals surface area contributed by atoms with Gasteiger partial charge < -0.3 is 19.3 Å². The van der Waals surface area contributed by atoms with Gasteiger partial charge in [-0.15, -0.1) is 0 Å². The molecule has 0 aliphatic carbocycles. The van der Waals surface area contributed by atoms with Crippen LogP contribution in [0.3, 0.4) is 0 Å².